The number of hydrogen-bond acceptors (Lipinski definition) is 4. The molecule has 0 saturated heterocycles. The summed E-state index contributed by atoms with van der Waals surface area (Å²) in [5, 5.41) is 19.0. The lowest BCUT2D eigenvalue weighted by molar-refractivity contribution is -0.385. The fraction of sp³-hybridized carbons (Fsp3) is 0.0714. The third kappa shape index (κ3) is 3.29. The molecule has 2 aromatic carbocycles. The van der Waals surface area contributed by atoms with Crippen LogP contribution in [0, 0.1) is 22.4 Å². The summed E-state index contributed by atoms with van der Waals surface area (Å²) in [4.78, 5) is 10.6. The second kappa shape index (κ2) is 5.80. The summed E-state index contributed by atoms with van der Waals surface area (Å²) in [5.74, 6) is 0.0801. The normalized spacial score (nSPS) is 10.2. The molecule has 6 nitrogen and oxygen atoms in total. The first-order valence-electron chi connectivity index (χ1n) is 5.95. The number of hydrogen-bond donors (Lipinski definition) is 2. The van der Waals surface area contributed by atoms with Crippen molar-refractivity contribution >= 4 is 23.1 Å². The van der Waals surface area contributed by atoms with E-state index in [4.69, 9.17) is 27.5 Å². The summed E-state index contributed by atoms with van der Waals surface area (Å²) < 4.78 is 5.55. The van der Waals surface area contributed by atoms with Gasteiger partial charge in [0, 0.05) is 11.1 Å². The highest BCUT2D eigenvalue weighted by Crippen LogP contribution is 2.34. The average Bonchev–Trinajstić information content (AvgIpc) is 2.42. The number of nitrogens with one attached hydrogen (secondary N) is 1. The average molecular weight is 306 g/mol. The van der Waals surface area contributed by atoms with Gasteiger partial charge in [-0.3, -0.25) is 15.5 Å². The van der Waals surface area contributed by atoms with Gasteiger partial charge >= 0.3 is 5.69 Å². The Labute approximate surface area is 125 Å². The van der Waals surface area contributed by atoms with Crippen LogP contribution in [0.25, 0.3) is 0 Å². The molecule has 3 N–H and O–H groups in total. The predicted molar refractivity (Wildman–Crippen MR) is 80.4 cm³/mol. The molecule has 0 aromatic heterocycles. The van der Waals surface area contributed by atoms with Gasteiger partial charge in [0.2, 0.25) is 5.75 Å². The van der Waals surface area contributed by atoms with E-state index in [9.17, 15) is 10.1 Å². The minimum Gasteiger partial charge on any atom is -0.449 e. The van der Waals surface area contributed by atoms with Crippen molar-refractivity contribution in [2.75, 3.05) is 0 Å². The highest BCUT2D eigenvalue weighted by Gasteiger charge is 2.18. The topological polar surface area (TPSA) is 102 Å². The number of nitrogens with two attached hydrogens (primary N) is 1. The van der Waals surface area contributed by atoms with Gasteiger partial charge < -0.3 is 10.5 Å². The first-order valence-corrected chi connectivity index (χ1v) is 6.33. The molecule has 0 bridgehead atoms. The van der Waals surface area contributed by atoms with Gasteiger partial charge in [0.05, 0.1) is 10.5 Å². The van der Waals surface area contributed by atoms with E-state index in [0.717, 1.165) is 5.56 Å². The second-order valence-corrected chi connectivity index (χ2v) is 4.82. The van der Waals surface area contributed by atoms with Crippen LogP contribution in [0.2, 0.25) is 5.02 Å². The Balaban J connectivity index is 2.48. The Morgan fingerprint density at radius 2 is 1.95 bits per heavy atom. The number of ether oxygens (including phenoxy) is 1. The van der Waals surface area contributed by atoms with Gasteiger partial charge in [-0.05, 0) is 36.8 Å². The Hall–Kier alpha value is -2.60. The second-order valence-electron chi connectivity index (χ2n) is 4.38. The monoisotopic (exact) mass is 305 g/mol. The molecule has 0 aliphatic rings. The van der Waals surface area contributed by atoms with Crippen molar-refractivity contribution in [1.29, 1.82) is 5.41 Å². The van der Waals surface area contributed by atoms with E-state index in [-0.39, 0.29) is 28.6 Å². The Morgan fingerprint density at radius 3 is 2.57 bits per heavy atom. The van der Waals surface area contributed by atoms with Crippen molar-refractivity contribution in [3.05, 3.63) is 62.7 Å². The van der Waals surface area contributed by atoms with Crippen LogP contribution in [0.5, 0.6) is 11.5 Å². The zero-order valence-corrected chi connectivity index (χ0v) is 11.8. The lowest BCUT2D eigenvalue weighted by Crippen LogP contribution is -2.12. The molecule has 108 valence electrons. The van der Waals surface area contributed by atoms with Crippen molar-refractivity contribution in [2.45, 2.75) is 6.92 Å². The maximum atomic E-state index is 11.1. The minimum atomic E-state index is -0.522. The van der Waals surface area contributed by atoms with Crippen molar-refractivity contribution in [3.63, 3.8) is 0 Å². The van der Waals surface area contributed by atoms with Crippen LogP contribution >= 0.6 is 11.6 Å². The number of nitro benzene ring substituents is 1. The lowest BCUT2D eigenvalue weighted by Gasteiger charge is -2.11. The van der Waals surface area contributed by atoms with E-state index in [2.05, 4.69) is 0 Å². The van der Waals surface area contributed by atoms with Crippen molar-refractivity contribution in [2.24, 2.45) is 5.73 Å². The molecule has 0 spiro atoms. The largest absolute Gasteiger partial charge is 0.449 e. The SMILES string of the molecule is Cc1ccc(Oc2ccc(Cl)cc2C(=N)N)c([N+](=O)[O-])c1. The molecule has 2 aromatic rings. The van der Waals surface area contributed by atoms with Gasteiger partial charge in [-0.2, -0.15) is 0 Å². The van der Waals surface area contributed by atoms with Crippen LogP contribution in [0.4, 0.5) is 5.69 Å². The van der Waals surface area contributed by atoms with E-state index in [1.54, 1.807) is 19.1 Å². The number of benzene rings is 2. The van der Waals surface area contributed by atoms with Crippen molar-refractivity contribution in [1.82, 2.24) is 0 Å². The molecule has 2 rings (SSSR count). The number of rotatable bonds is 4. The number of amidine groups is 1. The molecule has 0 fully saturated rings. The summed E-state index contributed by atoms with van der Waals surface area (Å²) in [6.07, 6.45) is 0. The van der Waals surface area contributed by atoms with Gasteiger partial charge in [-0.15, -0.1) is 0 Å². The molecule has 0 heterocycles. The summed E-state index contributed by atoms with van der Waals surface area (Å²) in [7, 11) is 0. The Bertz CT molecular complexity index is 670. The Morgan fingerprint density at radius 1 is 1.29 bits per heavy atom. The molecule has 0 radical (unpaired) electrons. The number of nitro groups is 1. The van der Waals surface area contributed by atoms with E-state index < -0.39 is 4.92 Å². The highest BCUT2D eigenvalue weighted by molar-refractivity contribution is 6.31. The van der Waals surface area contributed by atoms with E-state index in [1.807, 2.05) is 0 Å². The van der Waals surface area contributed by atoms with Crippen LogP contribution in [-0.4, -0.2) is 10.8 Å². The van der Waals surface area contributed by atoms with Gasteiger partial charge in [0.15, 0.2) is 0 Å². The number of halogens is 1. The highest BCUT2D eigenvalue weighted by atomic mass is 35.5. The first-order chi connectivity index (χ1) is 9.88. The van der Waals surface area contributed by atoms with Crippen LogP contribution < -0.4 is 10.5 Å². The summed E-state index contributed by atoms with van der Waals surface area (Å²) in [6, 6.07) is 9.17. The van der Waals surface area contributed by atoms with Gasteiger partial charge in [-0.1, -0.05) is 17.7 Å². The number of nitrogen functional groups attached to an aromatic ring is 1. The third-order valence-corrected chi connectivity index (χ3v) is 3.00. The van der Waals surface area contributed by atoms with Crippen molar-refractivity contribution < 1.29 is 9.66 Å². The predicted octanol–water partition coefficient (Wildman–Crippen LogP) is 3.63. The lowest BCUT2D eigenvalue weighted by atomic mass is 10.1. The summed E-state index contributed by atoms with van der Waals surface area (Å²) >= 11 is 5.85. The standard InChI is InChI=1S/C14H12ClN3O3/c1-8-2-4-13(11(6-8)18(19)20)21-12-5-3-9(15)7-10(12)14(16)17/h2-7H,1H3,(H3,16,17). The zero-order chi connectivity index (χ0) is 15.6. The van der Waals surface area contributed by atoms with Gasteiger partial charge in [-0.25, -0.2) is 0 Å². The van der Waals surface area contributed by atoms with Crippen LogP contribution in [0.15, 0.2) is 36.4 Å². The maximum Gasteiger partial charge on any atom is 0.311 e. The summed E-state index contributed by atoms with van der Waals surface area (Å²) in [6.45, 7) is 1.75. The number of nitrogens with zero attached hydrogens (tertiary/aromatic N) is 1. The zero-order valence-electron chi connectivity index (χ0n) is 11.1. The fourth-order valence-electron chi connectivity index (χ4n) is 1.78. The first kappa shape index (κ1) is 14.8. The minimum absolute atomic E-state index is 0.0791. The van der Waals surface area contributed by atoms with E-state index in [1.165, 1.54) is 24.3 Å². The molecule has 0 aliphatic carbocycles. The maximum absolute atomic E-state index is 11.1. The van der Waals surface area contributed by atoms with Crippen LogP contribution in [0.3, 0.4) is 0 Å². The molecular weight excluding hydrogens is 294 g/mol. The molecule has 0 unspecified atom stereocenters. The smallest absolute Gasteiger partial charge is 0.311 e. The third-order valence-electron chi connectivity index (χ3n) is 2.76. The number of aryl methyl sites for hydroxylation is 1. The van der Waals surface area contributed by atoms with Gasteiger partial charge in [0.1, 0.15) is 11.6 Å². The van der Waals surface area contributed by atoms with Crippen LogP contribution in [0.1, 0.15) is 11.1 Å². The molecule has 21 heavy (non-hydrogen) atoms. The van der Waals surface area contributed by atoms with E-state index in [0.29, 0.717) is 5.02 Å². The van der Waals surface area contributed by atoms with E-state index >= 15 is 0 Å². The van der Waals surface area contributed by atoms with Crippen LogP contribution in [-0.2, 0) is 0 Å². The molecule has 7 heteroatoms. The fourth-order valence-corrected chi connectivity index (χ4v) is 1.95. The molecule has 0 amide bonds. The Kier molecular flexibility index (Phi) is 4.09. The molecule has 0 aliphatic heterocycles. The molecule has 0 atom stereocenters. The quantitative estimate of drug-likeness (QED) is 0.389. The van der Waals surface area contributed by atoms with Crippen molar-refractivity contribution in [3.8, 4) is 11.5 Å². The van der Waals surface area contributed by atoms with Gasteiger partial charge in [0.25, 0.3) is 0 Å². The summed E-state index contributed by atoms with van der Waals surface area (Å²) in [5.41, 5.74) is 6.34. The molecular formula is C14H12ClN3O3. The molecule has 0 saturated carbocycles.